The fraction of sp³-hybridized carbons (Fsp3) is 0.667. The summed E-state index contributed by atoms with van der Waals surface area (Å²) in [6.45, 7) is 7.09. The summed E-state index contributed by atoms with van der Waals surface area (Å²) < 4.78 is 0. The lowest BCUT2D eigenvalue weighted by Crippen LogP contribution is -2.43. The molecule has 142 valence electrons. The number of piperidine rings is 2. The maximum absolute atomic E-state index is 12.7. The van der Waals surface area contributed by atoms with E-state index in [1.54, 1.807) is 6.20 Å². The Labute approximate surface area is 163 Å². The van der Waals surface area contributed by atoms with Crippen LogP contribution in [0.4, 0.5) is 5.82 Å². The Morgan fingerprint density at radius 1 is 1.24 bits per heavy atom. The number of anilines is 1. The van der Waals surface area contributed by atoms with E-state index in [2.05, 4.69) is 27.4 Å². The quantitative estimate of drug-likeness (QED) is 0.831. The molecule has 0 saturated carbocycles. The van der Waals surface area contributed by atoms with E-state index in [1.807, 2.05) is 12.1 Å². The number of halogens is 2. The van der Waals surface area contributed by atoms with E-state index >= 15 is 0 Å². The molecule has 0 atom stereocenters. The molecular formula is C18H30Cl2N4O. The minimum Gasteiger partial charge on any atom is -0.356 e. The summed E-state index contributed by atoms with van der Waals surface area (Å²) in [6, 6.07) is 3.76. The number of amides is 1. The Kier molecular flexibility index (Phi) is 8.97. The average molecular weight is 389 g/mol. The van der Waals surface area contributed by atoms with Crippen LogP contribution in [0.3, 0.4) is 0 Å². The smallest absolute Gasteiger partial charge is 0.255 e. The number of rotatable bonds is 4. The molecule has 1 aromatic heterocycles. The molecule has 2 aliphatic rings. The molecule has 2 fully saturated rings. The zero-order valence-electron chi connectivity index (χ0n) is 14.9. The van der Waals surface area contributed by atoms with E-state index in [-0.39, 0.29) is 36.1 Å². The van der Waals surface area contributed by atoms with Crippen LogP contribution in [-0.4, -0.2) is 43.6 Å². The number of nitrogens with one attached hydrogen (secondary N) is 2. The van der Waals surface area contributed by atoms with Crippen LogP contribution in [0.2, 0.25) is 0 Å². The van der Waals surface area contributed by atoms with Gasteiger partial charge in [0.05, 0.1) is 5.56 Å². The van der Waals surface area contributed by atoms with Gasteiger partial charge in [-0.3, -0.25) is 4.79 Å². The third-order valence-corrected chi connectivity index (χ3v) is 5.17. The molecule has 2 aliphatic heterocycles. The molecule has 0 aliphatic carbocycles. The first-order valence-corrected chi connectivity index (χ1v) is 8.87. The predicted octanol–water partition coefficient (Wildman–Crippen LogP) is 3.04. The van der Waals surface area contributed by atoms with Crippen LogP contribution in [-0.2, 0) is 0 Å². The fourth-order valence-electron chi connectivity index (χ4n) is 3.53. The molecule has 5 nitrogen and oxygen atoms in total. The van der Waals surface area contributed by atoms with E-state index in [9.17, 15) is 4.79 Å². The zero-order valence-corrected chi connectivity index (χ0v) is 16.6. The van der Waals surface area contributed by atoms with Crippen LogP contribution in [0.25, 0.3) is 0 Å². The molecular weight excluding hydrogens is 359 g/mol. The van der Waals surface area contributed by atoms with Gasteiger partial charge < -0.3 is 15.5 Å². The summed E-state index contributed by atoms with van der Waals surface area (Å²) in [4.78, 5) is 19.4. The first-order valence-electron chi connectivity index (χ1n) is 8.87. The summed E-state index contributed by atoms with van der Waals surface area (Å²) in [5.41, 5.74) is 0.918. The largest absolute Gasteiger partial charge is 0.356 e. The molecule has 3 rings (SSSR count). The van der Waals surface area contributed by atoms with Crippen LogP contribution in [0.15, 0.2) is 18.3 Å². The van der Waals surface area contributed by atoms with E-state index in [1.165, 1.54) is 19.3 Å². The molecule has 0 aromatic carbocycles. The summed E-state index contributed by atoms with van der Waals surface area (Å²) in [7, 11) is 0. The zero-order chi connectivity index (χ0) is 16.1. The van der Waals surface area contributed by atoms with Crippen molar-refractivity contribution in [3.8, 4) is 0 Å². The summed E-state index contributed by atoms with van der Waals surface area (Å²) in [5, 5.41) is 6.54. The average Bonchev–Trinajstić information content (AvgIpc) is 2.61. The maximum Gasteiger partial charge on any atom is 0.255 e. The van der Waals surface area contributed by atoms with Gasteiger partial charge >= 0.3 is 0 Å². The van der Waals surface area contributed by atoms with Gasteiger partial charge in [-0.1, -0.05) is 6.92 Å². The first kappa shape index (κ1) is 22.0. The minimum atomic E-state index is 0. The number of hydrogen-bond acceptors (Lipinski definition) is 4. The highest BCUT2D eigenvalue weighted by Crippen LogP contribution is 2.27. The Morgan fingerprint density at radius 3 is 2.60 bits per heavy atom. The van der Waals surface area contributed by atoms with E-state index in [0.29, 0.717) is 5.56 Å². The fourth-order valence-corrected chi connectivity index (χ4v) is 3.53. The van der Waals surface area contributed by atoms with Gasteiger partial charge in [0.15, 0.2) is 0 Å². The molecule has 2 saturated heterocycles. The highest BCUT2D eigenvalue weighted by Gasteiger charge is 2.28. The summed E-state index contributed by atoms with van der Waals surface area (Å²) in [5.74, 6) is 0.860. The van der Waals surface area contributed by atoms with Gasteiger partial charge in [-0.15, -0.1) is 24.8 Å². The number of carbonyl (C=O) groups excluding carboxylic acids is 1. The molecule has 0 spiro atoms. The van der Waals surface area contributed by atoms with Crippen LogP contribution >= 0.6 is 24.8 Å². The number of carbonyl (C=O) groups is 1. The molecule has 7 heteroatoms. The molecule has 1 amide bonds. The van der Waals surface area contributed by atoms with Gasteiger partial charge in [-0.25, -0.2) is 4.98 Å². The second kappa shape index (κ2) is 10.2. The molecule has 1 aromatic rings. The van der Waals surface area contributed by atoms with Crippen molar-refractivity contribution in [1.82, 2.24) is 15.6 Å². The second-order valence-electron chi connectivity index (χ2n) is 7.17. The van der Waals surface area contributed by atoms with Gasteiger partial charge in [0.2, 0.25) is 0 Å². The van der Waals surface area contributed by atoms with Crippen LogP contribution in [0.1, 0.15) is 49.4 Å². The van der Waals surface area contributed by atoms with Gasteiger partial charge in [0.1, 0.15) is 5.82 Å². The normalized spacial score (nSPS) is 19.3. The minimum absolute atomic E-state index is 0. The predicted molar refractivity (Wildman–Crippen MR) is 107 cm³/mol. The molecule has 0 unspecified atom stereocenters. The highest BCUT2D eigenvalue weighted by molar-refractivity contribution is 5.98. The van der Waals surface area contributed by atoms with E-state index in [0.717, 1.165) is 51.4 Å². The maximum atomic E-state index is 12.7. The lowest BCUT2D eigenvalue weighted by Gasteiger charge is -2.34. The lowest BCUT2D eigenvalue weighted by molar-refractivity contribution is 0.0922. The van der Waals surface area contributed by atoms with Gasteiger partial charge in [0.25, 0.3) is 5.91 Å². The molecule has 2 N–H and O–H groups in total. The summed E-state index contributed by atoms with van der Waals surface area (Å²) in [6.07, 6.45) is 7.65. The van der Waals surface area contributed by atoms with Gasteiger partial charge in [-0.05, 0) is 62.7 Å². The van der Waals surface area contributed by atoms with Crippen molar-refractivity contribution in [3.05, 3.63) is 23.9 Å². The summed E-state index contributed by atoms with van der Waals surface area (Å²) >= 11 is 0. The van der Waals surface area contributed by atoms with Crippen molar-refractivity contribution in [1.29, 1.82) is 0 Å². The van der Waals surface area contributed by atoms with Crippen molar-refractivity contribution in [2.45, 2.75) is 39.0 Å². The van der Waals surface area contributed by atoms with Crippen molar-refractivity contribution >= 4 is 36.5 Å². The Bertz CT molecular complexity index is 544. The topological polar surface area (TPSA) is 57.3 Å². The number of pyridine rings is 1. The van der Waals surface area contributed by atoms with Crippen molar-refractivity contribution in [2.75, 3.05) is 37.6 Å². The van der Waals surface area contributed by atoms with Crippen molar-refractivity contribution in [3.63, 3.8) is 0 Å². The Hall–Kier alpha value is -1.04. The standard InChI is InChI=1S/C18H28N4O.2ClH/c1-18(7-10-19-11-8-18)14-21-17(23)15-6-5-9-20-16(15)22-12-3-2-4-13-22;;/h5-6,9,19H,2-4,7-8,10-14H2,1H3,(H,21,23);2*1H. The van der Waals surface area contributed by atoms with Crippen molar-refractivity contribution < 1.29 is 4.79 Å². The Balaban J connectivity index is 0.00000156. The van der Waals surface area contributed by atoms with Crippen LogP contribution < -0.4 is 15.5 Å². The third kappa shape index (κ3) is 5.73. The molecule has 0 bridgehead atoms. The lowest BCUT2D eigenvalue weighted by atomic mass is 9.81. The van der Waals surface area contributed by atoms with Crippen LogP contribution in [0, 0.1) is 5.41 Å². The van der Waals surface area contributed by atoms with Gasteiger partial charge in [0, 0.05) is 25.8 Å². The first-order chi connectivity index (χ1) is 11.2. The third-order valence-electron chi connectivity index (χ3n) is 5.17. The van der Waals surface area contributed by atoms with Crippen LogP contribution in [0.5, 0.6) is 0 Å². The second-order valence-corrected chi connectivity index (χ2v) is 7.17. The molecule has 25 heavy (non-hydrogen) atoms. The van der Waals surface area contributed by atoms with Crippen molar-refractivity contribution in [2.24, 2.45) is 5.41 Å². The van der Waals surface area contributed by atoms with E-state index < -0.39 is 0 Å². The number of aromatic nitrogens is 1. The number of nitrogens with zero attached hydrogens (tertiary/aromatic N) is 2. The Morgan fingerprint density at radius 2 is 1.92 bits per heavy atom. The monoisotopic (exact) mass is 388 g/mol. The van der Waals surface area contributed by atoms with Gasteiger partial charge in [-0.2, -0.15) is 0 Å². The number of hydrogen-bond donors (Lipinski definition) is 2. The molecule has 0 radical (unpaired) electrons. The van der Waals surface area contributed by atoms with E-state index in [4.69, 9.17) is 0 Å². The highest BCUT2D eigenvalue weighted by atomic mass is 35.5. The SMILES string of the molecule is CC1(CNC(=O)c2cccnc2N2CCCCC2)CCNCC1.Cl.Cl. The molecule has 3 heterocycles.